The number of nitrogens with zero attached hydrogens (tertiary/aromatic N) is 2. The van der Waals surface area contributed by atoms with Crippen molar-refractivity contribution in [2.75, 3.05) is 13.1 Å². The third kappa shape index (κ3) is 6.15. The molecule has 0 aliphatic carbocycles. The molecule has 3 aromatic rings. The third-order valence-electron chi connectivity index (χ3n) is 6.03. The van der Waals surface area contributed by atoms with E-state index in [-0.39, 0.29) is 17.6 Å². The van der Waals surface area contributed by atoms with Gasteiger partial charge in [-0.3, -0.25) is 20.0 Å². The quantitative estimate of drug-likeness (QED) is 0.276. The first-order valence-corrected chi connectivity index (χ1v) is 12.2. The number of nitrogens with one attached hydrogen (secondary N) is 2. The van der Waals surface area contributed by atoms with Gasteiger partial charge >= 0.3 is 0 Å². The Balaban J connectivity index is 1.45. The van der Waals surface area contributed by atoms with E-state index in [1.807, 2.05) is 24.0 Å². The van der Waals surface area contributed by atoms with Crippen molar-refractivity contribution in [1.29, 1.82) is 0 Å². The maximum Gasteiger partial charge on any atom is 0.266 e. The normalized spacial score (nSPS) is 13.9. The van der Waals surface area contributed by atoms with E-state index in [9.17, 15) is 14.0 Å². The molecule has 2 heterocycles. The van der Waals surface area contributed by atoms with E-state index in [1.54, 1.807) is 36.5 Å². The molecule has 1 fully saturated rings. The van der Waals surface area contributed by atoms with Crippen LogP contribution >= 0.6 is 11.9 Å². The van der Waals surface area contributed by atoms with Crippen LogP contribution in [0, 0.1) is 12.7 Å². The minimum absolute atomic E-state index is 0.0220. The number of carbonyl (C=O) groups is 2. The molecule has 1 aliphatic rings. The van der Waals surface area contributed by atoms with E-state index in [2.05, 4.69) is 27.9 Å². The number of hydrogen-bond acceptors (Lipinski definition) is 5. The number of amides is 2. The molecular formula is C27H27FN4O2S. The summed E-state index contributed by atoms with van der Waals surface area (Å²) in [4.78, 5) is 34.1. The van der Waals surface area contributed by atoms with Crippen LogP contribution in [0.15, 0.2) is 78.3 Å². The molecule has 35 heavy (non-hydrogen) atoms. The van der Waals surface area contributed by atoms with Crippen molar-refractivity contribution in [2.45, 2.75) is 30.6 Å². The summed E-state index contributed by atoms with van der Waals surface area (Å²) >= 11 is 0.997. The van der Waals surface area contributed by atoms with E-state index in [1.165, 1.54) is 17.7 Å². The Morgan fingerprint density at radius 2 is 1.91 bits per heavy atom. The number of rotatable bonds is 7. The van der Waals surface area contributed by atoms with Crippen LogP contribution in [0.1, 0.15) is 40.2 Å². The first-order valence-electron chi connectivity index (χ1n) is 11.4. The average Bonchev–Trinajstić information content (AvgIpc) is 2.89. The van der Waals surface area contributed by atoms with Crippen molar-refractivity contribution in [3.05, 3.63) is 96.0 Å². The van der Waals surface area contributed by atoms with Gasteiger partial charge in [-0.05, 0) is 97.3 Å². The summed E-state index contributed by atoms with van der Waals surface area (Å²) in [6.45, 7) is 6.92. The number of hydrazine groups is 1. The van der Waals surface area contributed by atoms with Crippen molar-refractivity contribution in [3.8, 4) is 11.3 Å². The van der Waals surface area contributed by atoms with Gasteiger partial charge in [0.2, 0.25) is 5.91 Å². The van der Waals surface area contributed by atoms with Gasteiger partial charge in [-0.25, -0.2) is 4.39 Å². The molecule has 1 aromatic heterocycles. The topological polar surface area (TPSA) is 74.3 Å². The number of halogens is 1. The molecule has 2 aromatic carbocycles. The number of likely N-dealkylation sites (tertiary alicyclic amines) is 1. The van der Waals surface area contributed by atoms with Gasteiger partial charge in [0.1, 0.15) is 5.82 Å². The lowest BCUT2D eigenvalue weighted by molar-refractivity contribution is -0.127. The molecule has 0 bridgehead atoms. The van der Waals surface area contributed by atoms with Crippen molar-refractivity contribution in [3.63, 3.8) is 0 Å². The number of benzene rings is 2. The number of hydrogen-bond donors (Lipinski definition) is 2. The molecular weight excluding hydrogens is 463 g/mol. The lowest BCUT2D eigenvalue weighted by Crippen LogP contribution is -2.36. The maximum atomic E-state index is 13.8. The Labute approximate surface area is 208 Å². The van der Waals surface area contributed by atoms with E-state index >= 15 is 0 Å². The first-order chi connectivity index (χ1) is 16.9. The van der Waals surface area contributed by atoms with Crippen LogP contribution in [0.5, 0.6) is 0 Å². The summed E-state index contributed by atoms with van der Waals surface area (Å²) in [6.07, 6.45) is 4.93. The average molecular weight is 491 g/mol. The van der Waals surface area contributed by atoms with E-state index in [0.717, 1.165) is 41.6 Å². The largest absolute Gasteiger partial charge is 0.339 e. The fraction of sp³-hybridized carbons (Fsp3) is 0.222. The highest BCUT2D eigenvalue weighted by atomic mass is 32.2. The minimum atomic E-state index is -0.360. The van der Waals surface area contributed by atoms with Gasteiger partial charge in [-0.2, -0.15) is 4.83 Å². The highest BCUT2D eigenvalue weighted by Crippen LogP contribution is 2.31. The van der Waals surface area contributed by atoms with Gasteiger partial charge in [0.15, 0.2) is 0 Å². The Bertz CT molecular complexity index is 1240. The monoisotopic (exact) mass is 490 g/mol. The standard InChI is InChI=1S/C27H27FN4O2S/c1-3-26(33)32-12-9-19(10-13-32)20-8-11-29-24(17-20)21-14-18(2)15-22(16-21)27(34)30-31-35-25-7-5-4-6-23(25)28/h3-8,11,14-17,19,31H,1,9-10,12-13H2,2H3,(H,30,34). The molecule has 4 rings (SSSR count). The van der Waals surface area contributed by atoms with Crippen molar-refractivity contribution < 1.29 is 14.0 Å². The van der Waals surface area contributed by atoms with Crippen molar-refractivity contribution in [1.82, 2.24) is 20.1 Å². The second-order valence-electron chi connectivity index (χ2n) is 8.45. The molecule has 1 aliphatic heterocycles. The highest BCUT2D eigenvalue weighted by Gasteiger charge is 2.23. The van der Waals surface area contributed by atoms with Crippen LogP contribution in [0.2, 0.25) is 0 Å². The van der Waals surface area contributed by atoms with Crippen LogP contribution in [-0.2, 0) is 4.79 Å². The van der Waals surface area contributed by atoms with Crippen molar-refractivity contribution in [2.24, 2.45) is 0 Å². The zero-order valence-corrected chi connectivity index (χ0v) is 20.3. The number of carbonyl (C=O) groups excluding carboxylic acids is 2. The lowest BCUT2D eigenvalue weighted by Gasteiger charge is -2.31. The Hall–Kier alpha value is -3.49. The molecule has 0 radical (unpaired) electrons. The van der Waals surface area contributed by atoms with Gasteiger partial charge < -0.3 is 4.90 Å². The second kappa shape index (κ2) is 11.3. The molecule has 0 atom stereocenters. The van der Waals surface area contributed by atoms with Gasteiger partial charge in [-0.1, -0.05) is 18.7 Å². The Morgan fingerprint density at radius 3 is 2.66 bits per heavy atom. The van der Waals surface area contributed by atoms with Gasteiger partial charge in [0, 0.05) is 30.4 Å². The van der Waals surface area contributed by atoms with Crippen molar-refractivity contribution >= 4 is 23.8 Å². The van der Waals surface area contributed by atoms with Crippen LogP contribution in [0.3, 0.4) is 0 Å². The number of piperidine rings is 1. The van der Waals surface area contributed by atoms with E-state index in [4.69, 9.17) is 0 Å². The van der Waals surface area contributed by atoms with Crippen LogP contribution in [0.4, 0.5) is 4.39 Å². The van der Waals surface area contributed by atoms with Gasteiger partial charge in [0.05, 0.1) is 10.6 Å². The summed E-state index contributed by atoms with van der Waals surface area (Å²) in [7, 11) is 0. The Kier molecular flexibility index (Phi) is 7.94. The van der Waals surface area contributed by atoms with E-state index in [0.29, 0.717) is 29.5 Å². The molecule has 8 heteroatoms. The fourth-order valence-electron chi connectivity index (χ4n) is 4.21. The molecule has 180 valence electrons. The van der Waals surface area contributed by atoms with Gasteiger partial charge in [0.25, 0.3) is 5.91 Å². The smallest absolute Gasteiger partial charge is 0.266 e. The predicted octanol–water partition coefficient (Wildman–Crippen LogP) is 5.03. The number of aromatic nitrogens is 1. The molecule has 6 nitrogen and oxygen atoms in total. The fourth-order valence-corrected chi connectivity index (χ4v) is 4.78. The molecule has 0 spiro atoms. The van der Waals surface area contributed by atoms with Crippen LogP contribution in [0.25, 0.3) is 11.3 Å². The zero-order valence-electron chi connectivity index (χ0n) is 19.5. The summed E-state index contributed by atoms with van der Waals surface area (Å²) in [5.74, 6) is -0.362. The van der Waals surface area contributed by atoms with Crippen LogP contribution in [-0.4, -0.2) is 34.8 Å². The SMILES string of the molecule is C=CC(=O)N1CCC(c2ccnc(-c3cc(C)cc(C(=O)NNSc4ccccc4F)c3)c2)CC1. The summed E-state index contributed by atoms with van der Waals surface area (Å²) in [6, 6.07) is 16.0. The van der Waals surface area contributed by atoms with E-state index < -0.39 is 0 Å². The highest BCUT2D eigenvalue weighted by molar-refractivity contribution is 7.97. The maximum absolute atomic E-state index is 13.8. The summed E-state index contributed by atoms with van der Waals surface area (Å²) in [5, 5.41) is 0. The number of aryl methyl sites for hydroxylation is 1. The summed E-state index contributed by atoms with van der Waals surface area (Å²) < 4.78 is 13.8. The predicted molar refractivity (Wildman–Crippen MR) is 136 cm³/mol. The molecule has 0 saturated carbocycles. The second-order valence-corrected chi connectivity index (χ2v) is 9.30. The van der Waals surface area contributed by atoms with Gasteiger partial charge in [-0.15, -0.1) is 0 Å². The number of pyridine rings is 1. The molecule has 2 amide bonds. The lowest BCUT2D eigenvalue weighted by atomic mass is 9.89. The first kappa shape index (κ1) is 24.6. The molecule has 2 N–H and O–H groups in total. The molecule has 0 unspecified atom stereocenters. The third-order valence-corrected chi connectivity index (χ3v) is 6.79. The zero-order chi connectivity index (χ0) is 24.8. The van der Waals surface area contributed by atoms with Crippen LogP contribution < -0.4 is 10.3 Å². The summed E-state index contributed by atoms with van der Waals surface area (Å²) in [5.41, 5.74) is 6.83. The minimum Gasteiger partial charge on any atom is -0.339 e. The molecule has 1 saturated heterocycles. The Morgan fingerprint density at radius 1 is 1.14 bits per heavy atom.